The van der Waals surface area contributed by atoms with Gasteiger partial charge in [0.15, 0.2) is 0 Å². The van der Waals surface area contributed by atoms with E-state index in [-0.39, 0.29) is 5.75 Å². The standard InChI is InChI=1S/C12H20N2O3S/c1-10-5-6-12(17-2)11(9-10)14-18(15,16)8-4-3-7-13/h5-6,9,14H,3-4,7-8,13H2,1-2H3. The number of hydrogen-bond donors (Lipinski definition) is 2. The van der Waals surface area contributed by atoms with Crippen molar-refractivity contribution in [3.05, 3.63) is 23.8 Å². The summed E-state index contributed by atoms with van der Waals surface area (Å²) in [7, 11) is -1.83. The highest BCUT2D eigenvalue weighted by Gasteiger charge is 2.13. The highest BCUT2D eigenvalue weighted by atomic mass is 32.2. The number of methoxy groups -OCH3 is 1. The summed E-state index contributed by atoms with van der Waals surface area (Å²) in [4.78, 5) is 0. The Morgan fingerprint density at radius 2 is 2.06 bits per heavy atom. The van der Waals surface area contributed by atoms with Crippen molar-refractivity contribution in [2.24, 2.45) is 5.73 Å². The molecule has 1 rings (SSSR count). The minimum absolute atomic E-state index is 0.0707. The summed E-state index contributed by atoms with van der Waals surface area (Å²) >= 11 is 0. The van der Waals surface area contributed by atoms with Crippen molar-refractivity contribution in [3.8, 4) is 5.75 Å². The first-order valence-electron chi connectivity index (χ1n) is 5.83. The van der Waals surface area contributed by atoms with E-state index in [1.54, 1.807) is 12.1 Å². The van der Waals surface area contributed by atoms with Crippen LogP contribution in [0.2, 0.25) is 0 Å². The van der Waals surface area contributed by atoms with E-state index < -0.39 is 10.0 Å². The van der Waals surface area contributed by atoms with Gasteiger partial charge >= 0.3 is 0 Å². The molecule has 0 aliphatic carbocycles. The van der Waals surface area contributed by atoms with Gasteiger partial charge in [-0.25, -0.2) is 8.42 Å². The SMILES string of the molecule is COc1ccc(C)cc1NS(=O)(=O)CCCCN. The van der Waals surface area contributed by atoms with E-state index in [0.717, 1.165) is 5.56 Å². The molecule has 6 heteroatoms. The van der Waals surface area contributed by atoms with Crippen molar-refractivity contribution in [2.75, 3.05) is 24.1 Å². The smallest absolute Gasteiger partial charge is 0.232 e. The molecule has 1 aromatic rings. The van der Waals surface area contributed by atoms with Crippen LogP contribution in [0.25, 0.3) is 0 Å². The summed E-state index contributed by atoms with van der Waals surface area (Å²) in [5.74, 6) is 0.587. The van der Waals surface area contributed by atoms with E-state index in [2.05, 4.69) is 4.72 Å². The Labute approximate surface area is 108 Å². The van der Waals surface area contributed by atoms with E-state index in [4.69, 9.17) is 10.5 Å². The van der Waals surface area contributed by atoms with Crippen LogP contribution in [0.3, 0.4) is 0 Å². The molecule has 0 aliphatic rings. The van der Waals surface area contributed by atoms with Gasteiger partial charge in [0.1, 0.15) is 5.75 Å². The molecule has 0 unspecified atom stereocenters. The van der Waals surface area contributed by atoms with Crippen molar-refractivity contribution in [1.29, 1.82) is 0 Å². The van der Waals surface area contributed by atoms with E-state index in [9.17, 15) is 8.42 Å². The predicted molar refractivity (Wildman–Crippen MR) is 73.4 cm³/mol. The summed E-state index contributed by atoms with van der Waals surface area (Å²) in [6.07, 6.45) is 1.26. The highest BCUT2D eigenvalue weighted by molar-refractivity contribution is 7.92. The van der Waals surface area contributed by atoms with Crippen LogP contribution in [-0.4, -0.2) is 27.8 Å². The largest absolute Gasteiger partial charge is 0.495 e. The molecule has 0 atom stereocenters. The number of anilines is 1. The first-order chi connectivity index (χ1) is 8.48. The third kappa shape index (κ3) is 4.54. The first-order valence-corrected chi connectivity index (χ1v) is 7.49. The second-order valence-corrected chi connectivity index (χ2v) is 5.96. The van der Waals surface area contributed by atoms with Gasteiger partial charge in [-0.2, -0.15) is 0 Å². The summed E-state index contributed by atoms with van der Waals surface area (Å²) in [5, 5.41) is 0. The van der Waals surface area contributed by atoms with E-state index in [1.165, 1.54) is 7.11 Å². The maximum Gasteiger partial charge on any atom is 0.232 e. The second kappa shape index (κ2) is 6.61. The Balaban J connectivity index is 2.79. The van der Waals surface area contributed by atoms with Crippen molar-refractivity contribution >= 4 is 15.7 Å². The maximum absolute atomic E-state index is 11.8. The minimum atomic E-state index is -3.34. The quantitative estimate of drug-likeness (QED) is 0.737. The summed E-state index contributed by atoms with van der Waals surface area (Å²) in [6, 6.07) is 5.36. The van der Waals surface area contributed by atoms with Crippen LogP contribution in [0.5, 0.6) is 5.75 Å². The highest BCUT2D eigenvalue weighted by Crippen LogP contribution is 2.26. The number of unbranched alkanes of at least 4 members (excludes halogenated alkanes) is 1. The molecule has 18 heavy (non-hydrogen) atoms. The van der Waals surface area contributed by atoms with Crippen molar-refractivity contribution in [3.63, 3.8) is 0 Å². The van der Waals surface area contributed by atoms with Gasteiger partial charge in [-0.1, -0.05) is 6.07 Å². The summed E-state index contributed by atoms with van der Waals surface area (Å²) in [5.41, 5.74) is 6.79. The maximum atomic E-state index is 11.8. The molecule has 0 bridgehead atoms. The third-order valence-corrected chi connectivity index (χ3v) is 3.84. The lowest BCUT2D eigenvalue weighted by Gasteiger charge is -2.12. The normalized spacial score (nSPS) is 11.3. The lowest BCUT2D eigenvalue weighted by Crippen LogP contribution is -2.18. The van der Waals surface area contributed by atoms with Crippen LogP contribution in [-0.2, 0) is 10.0 Å². The van der Waals surface area contributed by atoms with Gasteiger partial charge in [-0.05, 0) is 44.0 Å². The van der Waals surface area contributed by atoms with E-state index in [0.29, 0.717) is 30.8 Å². The fourth-order valence-corrected chi connectivity index (χ4v) is 2.74. The fraction of sp³-hybridized carbons (Fsp3) is 0.500. The van der Waals surface area contributed by atoms with Crippen LogP contribution in [0.1, 0.15) is 18.4 Å². The Hall–Kier alpha value is -1.27. The number of ether oxygens (including phenoxy) is 1. The number of rotatable bonds is 7. The molecule has 0 aliphatic heterocycles. The van der Waals surface area contributed by atoms with Gasteiger partial charge in [-0.3, -0.25) is 4.72 Å². The molecule has 102 valence electrons. The molecule has 0 heterocycles. The predicted octanol–water partition coefficient (Wildman–Crippen LogP) is 1.48. The monoisotopic (exact) mass is 272 g/mol. The van der Waals surface area contributed by atoms with Gasteiger partial charge in [0.25, 0.3) is 0 Å². The fourth-order valence-electron chi connectivity index (χ4n) is 1.56. The van der Waals surface area contributed by atoms with Gasteiger partial charge in [0.05, 0.1) is 18.6 Å². The molecule has 5 nitrogen and oxygen atoms in total. The van der Waals surface area contributed by atoms with Crippen LogP contribution in [0.4, 0.5) is 5.69 Å². The summed E-state index contributed by atoms with van der Waals surface area (Å²) < 4.78 is 31.4. The Morgan fingerprint density at radius 3 is 2.67 bits per heavy atom. The zero-order valence-corrected chi connectivity index (χ0v) is 11.6. The van der Waals surface area contributed by atoms with Crippen molar-refractivity contribution in [2.45, 2.75) is 19.8 Å². The topological polar surface area (TPSA) is 81.4 Å². The number of aryl methyl sites for hydroxylation is 1. The van der Waals surface area contributed by atoms with Gasteiger partial charge < -0.3 is 10.5 Å². The van der Waals surface area contributed by atoms with Crippen LogP contribution >= 0.6 is 0 Å². The molecule has 0 amide bonds. The summed E-state index contributed by atoms with van der Waals surface area (Å²) in [6.45, 7) is 2.40. The zero-order valence-electron chi connectivity index (χ0n) is 10.8. The molecular formula is C12H20N2O3S. The molecule has 0 aromatic heterocycles. The van der Waals surface area contributed by atoms with Crippen LogP contribution in [0.15, 0.2) is 18.2 Å². The molecule has 0 fully saturated rings. The van der Waals surface area contributed by atoms with Gasteiger partial charge in [0.2, 0.25) is 10.0 Å². The number of nitrogens with two attached hydrogens (primary N) is 1. The average Bonchev–Trinajstić information content (AvgIpc) is 2.29. The lowest BCUT2D eigenvalue weighted by atomic mass is 10.2. The molecule has 1 aromatic carbocycles. The minimum Gasteiger partial charge on any atom is -0.495 e. The third-order valence-electron chi connectivity index (χ3n) is 2.49. The zero-order chi connectivity index (χ0) is 13.6. The molecule has 0 saturated heterocycles. The van der Waals surface area contributed by atoms with E-state index in [1.807, 2.05) is 13.0 Å². The Bertz CT molecular complexity index is 486. The number of benzene rings is 1. The number of hydrogen-bond acceptors (Lipinski definition) is 4. The molecule has 0 spiro atoms. The molecule has 3 N–H and O–H groups in total. The van der Waals surface area contributed by atoms with Gasteiger partial charge in [-0.15, -0.1) is 0 Å². The van der Waals surface area contributed by atoms with E-state index >= 15 is 0 Å². The van der Waals surface area contributed by atoms with Crippen molar-refractivity contribution < 1.29 is 13.2 Å². The number of sulfonamides is 1. The van der Waals surface area contributed by atoms with Crippen molar-refractivity contribution in [1.82, 2.24) is 0 Å². The molecule has 0 saturated carbocycles. The Kier molecular flexibility index (Phi) is 5.43. The Morgan fingerprint density at radius 1 is 1.33 bits per heavy atom. The molecular weight excluding hydrogens is 252 g/mol. The van der Waals surface area contributed by atoms with Gasteiger partial charge in [0, 0.05) is 0 Å². The first kappa shape index (κ1) is 14.8. The lowest BCUT2D eigenvalue weighted by molar-refractivity contribution is 0.417. The van der Waals surface area contributed by atoms with Crippen LogP contribution in [0, 0.1) is 6.92 Å². The van der Waals surface area contributed by atoms with Crippen LogP contribution < -0.4 is 15.2 Å². The number of nitrogens with one attached hydrogen (secondary N) is 1. The molecule has 0 radical (unpaired) electrons. The second-order valence-electron chi connectivity index (χ2n) is 4.12. The average molecular weight is 272 g/mol.